The molecule has 5 N–H and O–H groups in total. The second-order valence-electron chi connectivity index (χ2n) is 8.32. The van der Waals surface area contributed by atoms with E-state index in [1.165, 1.54) is 0 Å². The predicted octanol–water partition coefficient (Wildman–Crippen LogP) is 2.59. The van der Waals surface area contributed by atoms with Crippen LogP contribution in [0.25, 0.3) is 0 Å². The number of benzene rings is 1. The zero-order valence-corrected chi connectivity index (χ0v) is 19.7. The molecule has 1 amide bonds. The summed E-state index contributed by atoms with van der Waals surface area (Å²) in [6.45, 7) is -1.13. The Balaban J connectivity index is 2.18. The first-order valence-electron chi connectivity index (χ1n) is 10.7. The second-order valence-corrected chi connectivity index (χ2v) is 10.2. The number of sulfone groups is 1. The van der Waals surface area contributed by atoms with Crippen LogP contribution in [-0.2, 0) is 14.6 Å². The molecule has 1 unspecified atom stereocenters. The van der Waals surface area contributed by atoms with Crippen LogP contribution in [0.3, 0.4) is 0 Å². The lowest BCUT2D eigenvalue weighted by molar-refractivity contribution is -0.126. The highest BCUT2D eigenvalue weighted by atomic mass is 32.2. The molecule has 1 fully saturated rings. The van der Waals surface area contributed by atoms with Gasteiger partial charge in [-0.25, -0.2) is 13.4 Å². The van der Waals surface area contributed by atoms with Crippen molar-refractivity contribution in [2.24, 2.45) is 27.4 Å². The first-order valence-corrected chi connectivity index (χ1v) is 12.2. The molecular formula is C21H25F5N6O3S. The molecule has 0 spiro atoms. The summed E-state index contributed by atoms with van der Waals surface area (Å²) in [5.41, 5.74) is 10.4. The maximum Gasteiger partial charge on any atom is 0.401 e. The lowest BCUT2D eigenvalue weighted by Crippen LogP contribution is -2.44. The number of carbonyl (C=O) groups is 1. The third-order valence-corrected chi connectivity index (χ3v) is 7.09. The number of nitriles is 1. The first-order chi connectivity index (χ1) is 16.7. The number of nitrogens with zero attached hydrogens (tertiary/aromatic N) is 3. The summed E-state index contributed by atoms with van der Waals surface area (Å²) < 4.78 is 85.7. The summed E-state index contributed by atoms with van der Waals surface area (Å²) in [7, 11) is -4.80. The quantitative estimate of drug-likeness (QED) is 0.236. The van der Waals surface area contributed by atoms with Gasteiger partial charge < -0.3 is 16.8 Å². The molecule has 1 aromatic rings. The third kappa shape index (κ3) is 7.95. The van der Waals surface area contributed by atoms with Gasteiger partial charge in [-0.3, -0.25) is 9.79 Å². The van der Waals surface area contributed by atoms with Crippen LogP contribution in [0.15, 0.2) is 39.1 Å². The van der Waals surface area contributed by atoms with Crippen molar-refractivity contribution in [3.63, 3.8) is 0 Å². The van der Waals surface area contributed by atoms with E-state index >= 15 is 0 Å². The number of halogens is 5. The molecule has 0 aromatic heterocycles. The van der Waals surface area contributed by atoms with Gasteiger partial charge in [-0.15, -0.1) is 0 Å². The molecule has 9 nitrogen and oxygen atoms in total. The number of rotatable bonds is 10. The van der Waals surface area contributed by atoms with Crippen molar-refractivity contribution in [1.29, 1.82) is 5.26 Å². The van der Waals surface area contributed by atoms with Crippen molar-refractivity contribution in [3.8, 4) is 6.07 Å². The lowest BCUT2D eigenvalue weighted by Gasteiger charge is -2.36. The fourth-order valence-corrected chi connectivity index (χ4v) is 4.40. The van der Waals surface area contributed by atoms with Crippen molar-refractivity contribution in [3.05, 3.63) is 24.3 Å². The van der Waals surface area contributed by atoms with E-state index in [1.54, 1.807) is 0 Å². The zero-order valence-electron chi connectivity index (χ0n) is 18.9. The van der Waals surface area contributed by atoms with Gasteiger partial charge in [0, 0.05) is 12.3 Å². The molecule has 1 saturated carbocycles. The van der Waals surface area contributed by atoms with Crippen LogP contribution in [0.4, 0.5) is 27.6 Å². The Kier molecular flexibility index (Phi) is 9.50. The number of amidine groups is 1. The Morgan fingerprint density at radius 1 is 1.22 bits per heavy atom. The van der Waals surface area contributed by atoms with Gasteiger partial charge in [0.25, 0.3) is 0 Å². The molecule has 0 saturated heterocycles. The molecule has 1 aromatic carbocycles. The fourth-order valence-electron chi connectivity index (χ4n) is 3.68. The summed E-state index contributed by atoms with van der Waals surface area (Å²) in [6.07, 6.45) is -2.02. The Morgan fingerprint density at radius 2 is 1.81 bits per heavy atom. The molecule has 36 heavy (non-hydrogen) atoms. The number of nitrogens with one attached hydrogen (secondary N) is 1. The Bertz CT molecular complexity index is 1120. The maximum absolute atomic E-state index is 12.7. The van der Waals surface area contributed by atoms with Gasteiger partial charge in [-0.2, -0.15) is 27.2 Å². The van der Waals surface area contributed by atoms with E-state index in [2.05, 4.69) is 15.3 Å². The normalized spacial score (nSPS) is 22.5. The molecule has 1 aliphatic rings. The van der Waals surface area contributed by atoms with Crippen molar-refractivity contribution in [2.45, 2.75) is 60.5 Å². The molecule has 2 rings (SSSR count). The van der Waals surface area contributed by atoms with Gasteiger partial charge in [0.05, 0.1) is 35.2 Å². The van der Waals surface area contributed by atoms with E-state index in [1.807, 2.05) is 6.07 Å². The van der Waals surface area contributed by atoms with E-state index in [4.69, 9.17) is 11.5 Å². The van der Waals surface area contributed by atoms with E-state index in [0.29, 0.717) is 12.8 Å². The maximum atomic E-state index is 12.7. The summed E-state index contributed by atoms with van der Waals surface area (Å²) in [5, 5.41) is 11.7. The van der Waals surface area contributed by atoms with Crippen molar-refractivity contribution >= 4 is 33.5 Å². The van der Waals surface area contributed by atoms with E-state index < -0.39 is 56.6 Å². The standard InChI is InChI=1S/C21H25F5N6O3S/c22-19(23)36(34,35)15-3-1-14(2-4-15)32-17(28)16(18(29)33)11-31-20(9-10-27)7-5-13(6-8-20)30-12-21(24,25)26/h1-4,11,13,16,19,30H,5-9,12H2,(H2,28,32)(H2,29,33). The average Bonchev–Trinajstić information content (AvgIpc) is 2.78. The Morgan fingerprint density at radius 3 is 2.28 bits per heavy atom. The van der Waals surface area contributed by atoms with Crippen LogP contribution in [0, 0.1) is 17.2 Å². The minimum absolute atomic E-state index is 0.0436. The molecule has 1 atom stereocenters. The van der Waals surface area contributed by atoms with E-state index in [0.717, 1.165) is 30.5 Å². The smallest absolute Gasteiger partial charge is 0.386 e. The zero-order chi connectivity index (χ0) is 27.1. The summed E-state index contributed by atoms with van der Waals surface area (Å²) >= 11 is 0. The number of amides is 1. The minimum atomic E-state index is -4.80. The monoisotopic (exact) mass is 536 g/mol. The molecule has 0 aliphatic heterocycles. The number of hydrogen-bond acceptors (Lipinski definition) is 7. The molecule has 0 radical (unpaired) electrons. The van der Waals surface area contributed by atoms with E-state index in [-0.39, 0.29) is 30.8 Å². The number of aliphatic imine (C=N–C) groups is 2. The van der Waals surface area contributed by atoms with Crippen LogP contribution in [-0.4, -0.2) is 56.4 Å². The highest BCUT2D eigenvalue weighted by Crippen LogP contribution is 2.35. The number of nitrogens with two attached hydrogens (primary N) is 2. The molecule has 15 heteroatoms. The summed E-state index contributed by atoms with van der Waals surface area (Å²) in [5.74, 6) is -6.15. The van der Waals surface area contributed by atoms with Gasteiger partial charge in [0.1, 0.15) is 11.8 Å². The van der Waals surface area contributed by atoms with Crippen molar-refractivity contribution in [2.75, 3.05) is 6.54 Å². The van der Waals surface area contributed by atoms with E-state index in [9.17, 15) is 40.4 Å². The molecule has 0 heterocycles. The number of alkyl halides is 5. The van der Waals surface area contributed by atoms with Gasteiger partial charge in [-0.05, 0) is 49.9 Å². The summed E-state index contributed by atoms with van der Waals surface area (Å²) in [6, 6.07) is 5.65. The van der Waals surface area contributed by atoms with Crippen LogP contribution in [0.2, 0.25) is 0 Å². The predicted molar refractivity (Wildman–Crippen MR) is 121 cm³/mol. The first kappa shape index (κ1) is 29.1. The van der Waals surface area contributed by atoms with Crippen LogP contribution in [0.5, 0.6) is 0 Å². The molecule has 1 aliphatic carbocycles. The second kappa shape index (κ2) is 11.7. The fraction of sp³-hybridized carbons (Fsp3) is 0.524. The molecular weight excluding hydrogens is 511 g/mol. The highest BCUT2D eigenvalue weighted by Gasteiger charge is 2.37. The third-order valence-electron chi connectivity index (χ3n) is 5.70. The van der Waals surface area contributed by atoms with Crippen molar-refractivity contribution in [1.82, 2.24) is 5.32 Å². The van der Waals surface area contributed by atoms with Crippen LogP contribution < -0.4 is 16.8 Å². The van der Waals surface area contributed by atoms with Crippen LogP contribution >= 0.6 is 0 Å². The van der Waals surface area contributed by atoms with Gasteiger partial charge >= 0.3 is 11.9 Å². The Labute approximate surface area is 204 Å². The Hall–Kier alpha value is -3.12. The molecule has 0 bridgehead atoms. The number of carbonyl (C=O) groups excluding carboxylic acids is 1. The average molecular weight is 537 g/mol. The topological polar surface area (TPSA) is 164 Å². The lowest BCUT2D eigenvalue weighted by atomic mass is 9.78. The highest BCUT2D eigenvalue weighted by molar-refractivity contribution is 7.91. The van der Waals surface area contributed by atoms with Gasteiger partial charge in [0.15, 0.2) is 0 Å². The largest absolute Gasteiger partial charge is 0.401 e. The number of hydrogen-bond donors (Lipinski definition) is 3. The van der Waals surface area contributed by atoms with Gasteiger partial charge in [0.2, 0.25) is 15.7 Å². The molecule has 198 valence electrons. The van der Waals surface area contributed by atoms with Gasteiger partial charge in [-0.1, -0.05) is 0 Å². The van der Waals surface area contributed by atoms with Crippen molar-refractivity contribution < 1.29 is 35.2 Å². The summed E-state index contributed by atoms with van der Waals surface area (Å²) in [4.78, 5) is 19.7. The minimum Gasteiger partial charge on any atom is -0.386 e. The van der Waals surface area contributed by atoms with Crippen LogP contribution in [0.1, 0.15) is 32.1 Å². The number of primary amides is 1. The SMILES string of the molecule is N#CCC1(N=CC(C(N)=O)C(N)=Nc2ccc(S(=O)(=O)C(F)F)cc2)CCC(NCC(F)(F)F)CC1.